The van der Waals surface area contributed by atoms with Crippen LogP contribution < -0.4 is 0 Å². The van der Waals surface area contributed by atoms with Gasteiger partial charge >= 0.3 is 0 Å². The number of nitrogens with zero attached hydrogens (tertiary/aromatic N) is 3. The number of hydrogen-bond acceptors (Lipinski definition) is 5. The van der Waals surface area contributed by atoms with Crippen molar-refractivity contribution in [2.24, 2.45) is 0 Å². The molecule has 0 spiro atoms. The Kier molecular flexibility index (Phi) is 4.57. The molecule has 0 aliphatic carbocycles. The van der Waals surface area contributed by atoms with E-state index in [1.54, 1.807) is 11.3 Å². The lowest BCUT2D eigenvalue weighted by Crippen LogP contribution is -2.18. The van der Waals surface area contributed by atoms with E-state index in [-0.39, 0.29) is 0 Å². The van der Waals surface area contributed by atoms with Gasteiger partial charge in [0.05, 0.1) is 21.8 Å². The fraction of sp³-hybridized carbons (Fsp3) is 0.238. The van der Waals surface area contributed by atoms with Gasteiger partial charge in [-0.1, -0.05) is 29.4 Å². The zero-order valence-electron chi connectivity index (χ0n) is 15.2. The molecule has 4 aromatic rings. The zero-order valence-corrected chi connectivity index (χ0v) is 16.0. The molecule has 0 aliphatic heterocycles. The molecule has 0 saturated heterocycles. The Morgan fingerprint density at radius 2 is 1.96 bits per heavy atom. The molecule has 0 fully saturated rings. The van der Waals surface area contributed by atoms with Gasteiger partial charge < -0.3 is 4.52 Å². The van der Waals surface area contributed by atoms with Crippen molar-refractivity contribution in [1.29, 1.82) is 0 Å². The highest BCUT2D eigenvalue weighted by Gasteiger charge is 2.14. The molecular formula is C21H21N3OS. The molecule has 0 bridgehead atoms. The monoisotopic (exact) mass is 363 g/mol. The Balaban J connectivity index is 1.71. The van der Waals surface area contributed by atoms with E-state index in [0.717, 1.165) is 35.8 Å². The molecule has 4 rings (SSSR count). The van der Waals surface area contributed by atoms with Gasteiger partial charge in [-0.15, -0.1) is 11.3 Å². The third-order valence-electron chi connectivity index (χ3n) is 4.43. The second-order valence-corrected chi connectivity index (χ2v) is 7.67. The molecule has 0 amide bonds. The Bertz CT molecular complexity index is 1040. The summed E-state index contributed by atoms with van der Waals surface area (Å²) in [5.74, 6) is 0.843. The summed E-state index contributed by atoms with van der Waals surface area (Å²) in [5.41, 5.74) is 5.54. The molecular weight excluding hydrogens is 342 g/mol. The van der Waals surface area contributed by atoms with Crippen molar-refractivity contribution in [3.63, 3.8) is 0 Å². The molecule has 0 N–H and O–H groups in total. The Morgan fingerprint density at radius 3 is 2.69 bits per heavy atom. The number of pyridine rings is 1. The molecule has 0 saturated carbocycles. The van der Waals surface area contributed by atoms with Crippen LogP contribution in [0.1, 0.15) is 22.6 Å². The maximum absolute atomic E-state index is 5.18. The summed E-state index contributed by atoms with van der Waals surface area (Å²) in [6.45, 7) is 5.58. The van der Waals surface area contributed by atoms with E-state index in [4.69, 9.17) is 9.51 Å². The number of benzene rings is 1. The van der Waals surface area contributed by atoms with Gasteiger partial charge in [-0.05, 0) is 49.5 Å². The summed E-state index contributed by atoms with van der Waals surface area (Å²) in [5, 5.41) is 7.39. The van der Waals surface area contributed by atoms with E-state index in [1.807, 2.05) is 13.0 Å². The van der Waals surface area contributed by atoms with E-state index < -0.39 is 0 Å². The van der Waals surface area contributed by atoms with Crippen LogP contribution in [0.25, 0.3) is 21.5 Å². The predicted molar refractivity (Wildman–Crippen MR) is 106 cm³/mol. The predicted octanol–water partition coefficient (Wildman–Crippen LogP) is 5.20. The van der Waals surface area contributed by atoms with Crippen molar-refractivity contribution in [3.05, 3.63) is 70.4 Å². The molecule has 3 aromatic heterocycles. The van der Waals surface area contributed by atoms with Crippen molar-refractivity contribution in [2.45, 2.75) is 26.9 Å². The summed E-state index contributed by atoms with van der Waals surface area (Å²) in [7, 11) is 2.10. The van der Waals surface area contributed by atoms with E-state index in [2.05, 4.69) is 65.8 Å². The molecule has 0 atom stereocenters. The van der Waals surface area contributed by atoms with Crippen LogP contribution in [0.5, 0.6) is 0 Å². The van der Waals surface area contributed by atoms with Gasteiger partial charge in [-0.2, -0.15) is 0 Å². The van der Waals surface area contributed by atoms with Gasteiger partial charge in [-0.25, -0.2) is 4.98 Å². The van der Waals surface area contributed by atoms with E-state index in [0.29, 0.717) is 0 Å². The highest BCUT2D eigenvalue weighted by molar-refractivity contribution is 7.13. The molecule has 5 heteroatoms. The lowest BCUT2D eigenvalue weighted by Gasteiger charge is -2.18. The molecule has 0 aliphatic rings. The van der Waals surface area contributed by atoms with Gasteiger partial charge in [0, 0.05) is 24.5 Å². The van der Waals surface area contributed by atoms with Crippen LogP contribution in [-0.2, 0) is 13.1 Å². The van der Waals surface area contributed by atoms with Crippen LogP contribution in [0, 0.1) is 13.8 Å². The number of rotatable bonds is 5. The average Bonchev–Trinajstić information content (AvgIpc) is 3.26. The lowest BCUT2D eigenvalue weighted by molar-refractivity contribution is 0.302. The maximum atomic E-state index is 5.18. The zero-order chi connectivity index (χ0) is 18.1. The van der Waals surface area contributed by atoms with E-state index >= 15 is 0 Å². The number of thiophene rings is 1. The number of fused-ring (bicyclic) bond motifs is 1. The van der Waals surface area contributed by atoms with Crippen molar-refractivity contribution < 1.29 is 4.52 Å². The standard InChI is InChI=1S/C21H21N3OS/c1-14-6-4-7-16-11-17(12-24(3)13-18-10-15(2)25-23-18)21(22-20(14)16)19-8-5-9-26-19/h4-11H,12-13H2,1-3H3. The van der Waals surface area contributed by atoms with Gasteiger partial charge in [0.1, 0.15) is 5.76 Å². The highest BCUT2D eigenvalue weighted by atomic mass is 32.1. The first-order valence-electron chi connectivity index (χ1n) is 8.64. The van der Waals surface area contributed by atoms with Crippen molar-refractivity contribution in [3.8, 4) is 10.6 Å². The largest absolute Gasteiger partial charge is 0.361 e. The highest BCUT2D eigenvalue weighted by Crippen LogP contribution is 2.31. The first-order valence-corrected chi connectivity index (χ1v) is 9.52. The summed E-state index contributed by atoms with van der Waals surface area (Å²) in [6, 6.07) is 14.8. The quantitative estimate of drug-likeness (QED) is 0.489. The van der Waals surface area contributed by atoms with Gasteiger partial charge in [0.2, 0.25) is 0 Å². The number of para-hydroxylation sites is 1. The number of hydrogen-bond donors (Lipinski definition) is 0. The molecule has 3 heterocycles. The Morgan fingerprint density at radius 1 is 1.08 bits per heavy atom. The molecule has 26 heavy (non-hydrogen) atoms. The number of aryl methyl sites for hydroxylation is 2. The van der Waals surface area contributed by atoms with Crippen molar-refractivity contribution in [1.82, 2.24) is 15.0 Å². The Hall–Kier alpha value is -2.50. The van der Waals surface area contributed by atoms with Crippen LogP contribution in [-0.4, -0.2) is 22.1 Å². The summed E-state index contributed by atoms with van der Waals surface area (Å²) >= 11 is 1.73. The third kappa shape index (κ3) is 3.41. The first kappa shape index (κ1) is 16.9. The van der Waals surface area contributed by atoms with Crippen LogP contribution in [0.2, 0.25) is 0 Å². The Labute approximate surface area is 157 Å². The topological polar surface area (TPSA) is 42.2 Å². The van der Waals surface area contributed by atoms with Crippen LogP contribution >= 0.6 is 11.3 Å². The first-order chi connectivity index (χ1) is 12.6. The molecule has 1 aromatic carbocycles. The average molecular weight is 363 g/mol. The second-order valence-electron chi connectivity index (χ2n) is 6.72. The summed E-state index contributed by atoms with van der Waals surface area (Å²) in [6.07, 6.45) is 0. The minimum Gasteiger partial charge on any atom is -0.361 e. The van der Waals surface area contributed by atoms with E-state index in [9.17, 15) is 0 Å². The third-order valence-corrected chi connectivity index (χ3v) is 5.31. The fourth-order valence-electron chi connectivity index (χ4n) is 3.25. The van der Waals surface area contributed by atoms with Crippen LogP contribution in [0.3, 0.4) is 0 Å². The second kappa shape index (κ2) is 7.02. The smallest absolute Gasteiger partial charge is 0.133 e. The lowest BCUT2D eigenvalue weighted by atomic mass is 10.0. The van der Waals surface area contributed by atoms with Crippen molar-refractivity contribution >= 4 is 22.2 Å². The molecule has 0 radical (unpaired) electrons. The van der Waals surface area contributed by atoms with Gasteiger partial charge in [-0.3, -0.25) is 4.90 Å². The van der Waals surface area contributed by atoms with Crippen LogP contribution in [0.4, 0.5) is 0 Å². The summed E-state index contributed by atoms with van der Waals surface area (Å²) in [4.78, 5) is 8.48. The van der Waals surface area contributed by atoms with Gasteiger partial charge in [0.15, 0.2) is 0 Å². The van der Waals surface area contributed by atoms with Crippen LogP contribution in [0.15, 0.2) is 52.4 Å². The minimum atomic E-state index is 0.743. The molecule has 4 nitrogen and oxygen atoms in total. The van der Waals surface area contributed by atoms with Crippen molar-refractivity contribution in [2.75, 3.05) is 7.05 Å². The maximum Gasteiger partial charge on any atom is 0.133 e. The molecule has 132 valence electrons. The SMILES string of the molecule is Cc1cc(CN(C)Cc2cc3cccc(C)c3nc2-c2cccs2)no1. The normalized spacial score (nSPS) is 11.5. The van der Waals surface area contributed by atoms with Gasteiger partial charge in [0.25, 0.3) is 0 Å². The summed E-state index contributed by atoms with van der Waals surface area (Å²) < 4.78 is 5.18. The number of aromatic nitrogens is 2. The fourth-order valence-corrected chi connectivity index (χ4v) is 4.00. The molecule has 0 unspecified atom stereocenters. The minimum absolute atomic E-state index is 0.743. The van der Waals surface area contributed by atoms with E-state index in [1.165, 1.54) is 21.4 Å².